The van der Waals surface area contributed by atoms with Gasteiger partial charge in [-0.15, -0.1) is 11.3 Å². The summed E-state index contributed by atoms with van der Waals surface area (Å²) in [5.41, 5.74) is 1.29. The molecule has 3 nitrogen and oxygen atoms in total. The lowest BCUT2D eigenvalue weighted by Gasteiger charge is -2.36. The van der Waals surface area contributed by atoms with Gasteiger partial charge in [-0.25, -0.2) is 0 Å². The van der Waals surface area contributed by atoms with Crippen LogP contribution < -0.4 is 10.1 Å². The van der Waals surface area contributed by atoms with E-state index in [-0.39, 0.29) is 6.04 Å². The molecule has 1 aromatic heterocycles. The highest BCUT2D eigenvalue weighted by molar-refractivity contribution is 7.10. The normalized spacial score (nSPS) is 17.0. The number of nitrogens with zero attached hydrogens (tertiary/aromatic N) is 1. The molecule has 0 unspecified atom stereocenters. The minimum Gasteiger partial charge on any atom is -0.496 e. The first-order chi connectivity index (χ1) is 11.9. The predicted molar refractivity (Wildman–Crippen MR) is 101 cm³/mol. The Hall–Kier alpha value is -1.88. The second-order valence-corrected chi connectivity index (χ2v) is 7.09. The summed E-state index contributed by atoms with van der Waals surface area (Å²) in [4.78, 5) is 3.96. The molecule has 0 spiro atoms. The Labute approximate surface area is 146 Å². The first-order valence-electron chi connectivity index (χ1n) is 8.42. The molecule has 3 aromatic rings. The third kappa shape index (κ3) is 2.81. The number of methoxy groups -OCH3 is 1. The van der Waals surface area contributed by atoms with E-state index in [1.165, 1.54) is 21.2 Å². The minimum atomic E-state index is 0.244. The first kappa shape index (κ1) is 15.6. The second kappa shape index (κ2) is 6.93. The smallest absolute Gasteiger partial charge is 0.124 e. The maximum atomic E-state index is 5.79. The van der Waals surface area contributed by atoms with Crippen molar-refractivity contribution < 1.29 is 4.74 Å². The van der Waals surface area contributed by atoms with Crippen LogP contribution in [-0.4, -0.2) is 38.2 Å². The number of benzene rings is 2. The fourth-order valence-corrected chi connectivity index (χ4v) is 4.49. The van der Waals surface area contributed by atoms with E-state index in [1.54, 1.807) is 7.11 Å². The standard InChI is InChI=1S/C20H22N2OS/c1-23-17-9-8-15-5-2-3-6-16(15)19(17)20(18-7-4-14-24-18)22-12-10-21-11-13-22/h2-9,14,20-21H,10-13H2,1H3/t20-/m1/s1. The number of hydrogen-bond donors (Lipinski definition) is 1. The Balaban J connectivity index is 1.93. The van der Waals surface area contributed by atoms with E-state index in [4.69, 9.17) is 4.74 Å². The summed E-state index contributed by atoms with van der Waals surface area (Å²) in [6, 6.07) is 17.5. The van der Waals surface area contributed by atoms with Crippen LogP contribution in [0.15, 0.2) is 53.9 Å². The lowest BCUT2D eigenvalue weighted by Crippen LogP contribution is -2.45. The number of piperazine rings is 1. The van der Waals surface area contributed by atoms with Gasteiger partial charge in [0, 0.05) is 36.6 Å². The number of rotatable bonds is 4. The highest BCUT2D eigenvalue weighted by Crippen LogP contribution is 2.41. The number of fused-ring (bicyclic) bond motifs is 1. The molecule has 0 aliphatic carbocycles. The van der Waals surface area contributed by atoms with Crippen LogP contribution >= 0.6 is 11.3 Å². The number of thiophene rings is 1. The Bertz CT molecular complexity index is 810. The SMILES string of the molecule is COc1ccc2ccccc2c1[C@@H](c1cccs1)N1CCNCC1. The van der Waals surface area contributed by atoms with E-state index in [0.29, 0.717) is 0 Å². The van der Waals surface area contributed by atoms with Crippen LogP contribution in [0.4, 0.5) is 0 Å². The van der Waals surface area contributed by atoms with Crippen LogP contribution in [0.2, 0.25) is 0 Å². The molecular weight excluding hydrogens is 316 g/mol. The van der Waals surface area contributed by atoms with Crippen molar-refractivity contribution in [1.82, 2.24) is 10.2 Å². The average molecular weight is 338 g/mol. The zero-order chi connectivity index (χ0) is 16.4. The molecule has 1 fully saturated rings. The van der Waals surface area contributed by atoms with E-state index in [0.717, 1.165) is 31.9 Å². The van der Waals surface area contributed by atoms with E-state index in [1.807, 2.05) is 11.3 Å². The van der Waals surface area contributed by atoms with Gasteiger partial charge in [-0.05, 0) is 28.3 Å². The molecule has 2 heterocycles. The molecular formula is C20H22N2OS. The van der Waals surface area contributed by atoms with Crippen LogP contribution in [0.25, 0.3) is 10.8 Å². The van der Waals surface area contributed by atoms with Crippen molar-refractivity contribution in [2.75, 3.05) is 33.3 Å². The van der Waals surface area contributed by atoms with Crippen molar-refractivity contribution in [2.45, 2.75) is 6.04 Å². The molecule has 1 atom stereocenters. The summed E-state index contributed by atoms with van der Waals surface area (Å²) in [7, 11) is 1.77. The predicted octanol–water partition coefficient (Wildman–Crippen LogP) is 3.90. The number of nitrogens with one attached hydrogen (secondary N) is 1. The Morgan fingerprint density at radius 2 is 1.88 bits per heavy atom. The summed E-state index contributed by atoms with van der Waals surface area (Å²) in [5, 5.41) is 8.19. The van der Waals surface area contributed by atoms with Gasteiger partial charge in [-0.1, -0.05) is 36.4 Å². The molecule has 0 saturated carbocycles. The number of ether oxygens (including phenoxy) is 1. The van der Waals surface area contributed by atoms with Gasteiger partial charge in [0.25, 0.3) is 0 Å². The van der Waals surface area contributed by atoms with Crippen LogP contribution in [0, 0.1) is 0 Å². The average Bonchev–Trinajstić information content (AvgIpc) is 3.17. The van der Waals surface area contributed by atoms with Crippen molar-refractivity contribution in [1.29, 1.82) is 0 Å². The van der Waals surface area contributed by atoms with Gasteiger partial charge in [-0.3, -0.25) is 4.90 Å². The minimum absolute atomic E-state index is 0.244. The Morgan fingerprint density at radius 1 is 1.04 bits per heavy atom. The molecule has 0 amide bonds. The molecule has 2 aromatic carbocycles. The summed E-state index contributed by atoms with van der Waals surface area (Å²) in [5.74, 6) is 0.977. The zero-order valence-corrected chi connectivity index (χ0v) is 14.7. The fraction of sp³-hybridized carbons (Fsp3) is 0.300. The maximum absolute atomic E-state index is 5.79. The third-order valence-electron chi connectivity index (χ3n) is 4.75. The van der Waals surface area contributed by atoms with Crippen LogP contribution in [0.5, 0.6) is 5.75 Å². The highest BCUT2D eigenvalue weighted by atomic mass is 32.1. The molecule has 1 N–H and O–H groups in total. The van der Waals surface area contributed by atoms with E-state index in [2.05, 4.69) is 64.1 Å². The van der Waals surface area contributed by atoms with Gasteiger partial charge < -0.3 is 10.1 Å². The van der Waals surface area contributed by atoms with Gasteiger partial charge in [0.2, 0.25) is 0 Å². The van der Waals surface area contributed by atoms with Crippen molar-refractivity contribution >= 4 is 22.1 Å². The maximum Gasteiger partial charge on any atom is 0.124 e. The van der Waals surface area contributed by atoms with Crippen molar-refractivity contribution in [3.8, 4) is 5.75 Å². The summed E-state index contributed by atoms with van der Waals surface area (Å²) < 4.78 is 5.79. The molecule has 4 heteroatoms. The zero-order valence-electron chi connectivity index (χ0n) is 13.9. The van der Waals surface area contributed by atoms with Gasteiger partial charge in [0.15, 0.2) is 0 Å². The van der Waals surface area contributed by atoms with Crippen LogP contribution in [0.3, 0.4) is 0 Å². The lowest BCUT2D eigenvalue weighted by atomic mass is 9.95. The molecule has 4 rings (SSSR count). The lowest BCUT2D eigenvalue weighted by molar-refractivity contribution is 0.198. The third-order valence-corrected chi connectivity index (χ3v) is 5.68. The van der Waals surface area contributed by atoms with Crippen LogP contribution in [-0.2, 0) is 0 Å². The van der Waals surface area contributed by atoms with E-state index >= 15 is 0 Å². The summed E-state index contributed by atoms with van der Waals surface area (Å²) >= 11 is 1.83. The van der Waals surface area contributed by atoms with Crippen molar-refractivity contribution in [3.05, 3.63) is 64.4 Å². The molecule has 24 heavy (non-hydrogen) atoms. The largest absolute Gasteiger partial charge is 0.496 e. The summed E-state index contributed by atoms with van der Waals surface area (Å²) in [6.45, 7) is 4.17. The molecule has 1 aliphatic heterocycles. The Kier molecular flexibility index (Phi) is 4.52. The van der Waals surface area contributed by atoms with Crippen LogP contribution in [0.1, 0.15) is 16.5 Å². The van der Waals surface area contributed by atoms with Crippen molar-refractivity contribution in [3.63, 3.8) is 0 Å². The molecule has 1 saturated heterocycles. The molecule has 0 bridgehead atoms. The quantitative estimate of drug-likeness (QED) is 0.781. The van der Waals surface area contributed by atoms with E-state index in [9.17, 15) is 0 Å². The van der Waals surface area contributed by atoms with Gasteiger partial charge in [0.05, 0.1) is 13.2 Å². The monoisotopic (exact) mass is 338 g/mol. The van der Waals surface area contributed by atoms with Gasteiger partial charge in [0.1, 0.15) is 5.75 Å². The van der Waals surface area contributed by atoms with Crippen molar-refractivity contribution in [2.24, 2.45) is 0 Å². The molecule has 1 aliphatic rings. The summed E-state index contributed by atoms with van der Waals surface area (Å²) in [6.07, 6.45) is 0. The topological polar surface area (TPSA) is 24.5 Å². The molecule has 0 radical (unpaired) electrons. The fourth-order valence-electron chi connectivity index (χ4n) is 3.63. The Morgan fingerprint density at radius 3 is 2.62 bits per heavy atom. The first-order valence-corrected chi connectivity index (χ1v) is 9.30. The highest BCUT2D eigenvalue weighted by Gasteiger charge is 2.28. The molecule has 124 valence electrons. The second-order valence-electron chi connectivity index (χ2n) is 6.11. The van der Waals surface area contributed by atoms with E-state index < -0.39 is 0 Å². The number of hydrogen-bond acceptors (Lipinski definition) is 4. The van der Waals surface area contributed by atoms with Gasteiger partial charge in [-0.2, -0.15) is 0 Å². The van der Waals surface area contributed by atoms with Gasteiger partial charge >= 0.3 is 0 Å².